The van der Waals surface area contributed by atoms with E-state index in [1.165, 1.54) is 56.9 Å². The van der Waals surface area contributed by atoms with Crippen LogP contribution in [0.5, 0.6) is 0 Å². The van der Waals surface area contributed by atoms with Crippen LogP contribution in [-0.2, 0) is 4.79 Å². The first-order valence-corrected chi connectivity index (χ1v) is 13.3. The molecule has 0 saturated heterocycles. The highest BCUT2D eigenvalue weighted by Crippen LogP contribution is 2.72. The van der Waals surface area contributed by atoms with Crippen molar-refractivity contribution >= 4 is 5.78 Å². The zero-order valence-corrected chi connectivity index (χ0v) is 21.8. The Bertz CT molecular complexity index is 808. The molecule has 2 saturated carbocycles. The molecule has 4 rings (SSSR count). The van der Waals surface area contributed by atoms with Crippen molar-refractivity contribution in [3.05, 3.63) is 22.8 Å². The average Bonchev–Trinajstić information content (AvgIpc) is 2.96. The van der Waals surface area contributed by atoms with Crippen LogP contribution < -0.4 is 0 Å². The van der Waals surface area contributed by atoms with Gasteiger partial charge in [-0.1, -0.05) is 64.3 Å². The van der Waals surface area contributed by atoms with Crippen LogP contribution in [-0.4, -0.2) is 5.78 Å². The summed E-state index contributed by atoms with van der Waals surface area (Å²) >= 11 is 0. The summed E-state index contributed by atoms with van der Waals surface area (Å²) in [6, 6.07) is 0. The predicted octanol–water partition coefficient (Wildman–Crippen LogP) is 8.69. The number of Topliss-reactive ketones (excluding diaryl/α,β-unsaturated/α-hetero) is 1. The zero-order valence-electron chi connectivity index (χ0n) is 21.8. The maximum atomic E-state index is 12.8. The summed E-state index contributed by atoms with van der Waals surface area (Å²) in [7, 11) is 0. The number of carbonyl (C=O) groups is 1. The number of hydrogen-bond donors (Lipinski definition) is 0. The van der Waals surface area contributed by atoms with E-state index in [4.69, 9.17) is 0 Å². The quantitative estimate of drug-likeness (QED) is 0.412. The van der Waals surface area contributed by atoms with E-state index in [9.17, 15) is 4.79 Å². The van der Waals surface area contributed by atoms with Crippen LogP contribution in [0.15, 0.2) is 22.8 Å². The van der Waals surface area contributed by atoms with Gasteiger partial charge in [-0.15, -0.1) is 0 Å². The lowest BCUT2D eigenvalue weighted by atomic mass is 9.43. The van der Waals surface area contributed by atoms with Gasteiger partial charge in [-0.3, -0.25) is 4.79 Å². The molecule has 1 heteroatoms. The van der Waals surface area contributed by atoms with Crippen molar-refractivity contribution in [2.75, 3.05) is 0 Å². The van der Waals surface area contributed by atoms with Crippen LogP contribution >= 0.6 is 0 Å². The highest BCUT2D eigenvalue weighted by atomic mass is 16.1. The van der Waals surface area contributed by atoms with Gasteiger partial charge in [-0.25, -0.2) is 0 Å². The molecule has 0 bridgehead atoms. The van der Waals surface area contributed by atoms with Crippen LogP contribution in [0.25, 0.3) is 0 Å². The number of fused-ring (bicyclic) bond motifs is 4. The maximum Gasteiger partial charge on any atom is 0.138 e. The molecule has 0 amide bonds. The van der Waals surface area contributed by atoms with E-state index >= 15 is 0 Å². The van der Waals surface area contributed by atoms with Gasteiger partial charge in [-0.2, -0.15) is 0 Å². The number of allylic oxidation sites excluding steroid dienone is 4. The Morgan fingerprint density at radius 2 is 1.68 bits per heavy atom. The van der Waals surface area contributed by atoms with Gasteiger partial charge in [0.25, 0.3) is 0 Å². The Kier molecular flexibility index (Phi) is 5.71. The molecule has 31 heavy (non-hydrogen) atoms. The highest BCUT2D eigenvalue weighted by Gasteiger charge is 2.63. The molecule has 2 fully saturated rings. The van der Waals surface area contributed by atoms with Gasteiger partial charge in [0, 0.05) is 11.8 Å². The molecule has 0 radical (unpaired) electrons. The first kappa shape index (κ1) is 23.3. The predicted molar refractivity (Wildman–Crippen MR) is 132 cm³/mol. The van der Waals surface area contributed by atoms with Crippen molar-refractivity contribution in [1.82, 2.24) is 0 Å². The second-order valence-electron chi connectivity index (χ2n) is 13.3. The molecular formula is C30H48O. The largest absolute Gasteiger partial charge is 0.299 e. The minimum atomic E-state index is -0.148. The third kappa shape index (κ3) is 3.26. The molecule has 0 aromatic heterocycles. The fourth-order valence-electron chi connectivity index (χ4n) is 9.28. The smallest absolute Gasteiger partial charge is 0.138 e. The molecule has 0 N–H and O–H groups in total. The zero-order chi connectivity index (χ0) is 22.8. The van der Waals surface area contributed by atoms with Gasteiger partial charge in [-0.05, 0) is 106 Å². The molecular weight excluding hydrogens is 376 g/mol. The van der Waals surface area contributed by atoms with Crippen LogP contribution in [0.3, 0.4) is 0 Å². The number of hydrogen-bond acceptors (Lipinski definition) is 1. The third-order valence-electron chi connectivity index (χ3n) is 11.4. The minimum absolute atomic E-state index is 0.148. The number of carbonyl (C=O) groups excluding carboxylic acids is 1. The van der Waals surface area contributed by atoms with Crippen LogP contribution in [0, 0.1) is 39.4 Å². The normalized spacial score (nSPS) is 42.5. The van der Waals surface area contributed by atoms with Crippen molar-refractivity contribution in [1.29, 1.82) is 0 Å². The molecule has 0 aliphatic heterocycles. The lowest BCUT2D eigenvalue weighted by molar-refractivity contribution is -0.139. The molecule has 6 atom stereocenters. The van der Waals surface area contributed by atoms with E-state index in [1.807, 2.05) is 11.1 Å². The van der Waals surface area contributed by atoms with Gasteiger partial charge in [0.1, 0.15) is 5.78 Å². The van der Waals surface area contributed by atoms with E-state index in [0.717, 1.165) is 24.7 Å². The summed E-state index contributed by atoms with van der Waals surface area (Å²) in [5.74, 6) is 2.71. The fraction of sp³-hybridized carbons (Fsp3) is 0.833. The van der Waals surface area contributed by atoms with Crippen LogP contribution in [0.2, 0.25) is 0 Å². The summed E-state index contributed by atoms with van der Waals surface area (Å²) in [6.45, 7) is 19.3. The van der Waals surface area contributed by atoms with Crippen molar-refractivity contribution < 1.29 is 4.79 Å². The summed E-state index contributed by atoms with van der Waals surface area (Å²) in [4.78, 5) is 12.8. The van der Waals surface area contributed by atoms with Gasteiger partial charge < -0.3 is 0 Å². The summed E-state index contributed by atoms with van der Waals surface area (Å²) in [6.07, 6.45) is 14.8. The van der Waals surface area contributed by atoms with Gasteiger partial charge in [0.15, 0.2) is 0 Å². The lowest BCUT2D eigenvalue weighted by Gasteiger charge is -2.61. The Labute approximate surface area is 192 Å². The van der Waals surface area contributed by atoms with E-state index in [2.05, 4.69) is 61.5 Å². The molecule has 0 unspecified atom stereocenters. The minimum Gasteiger partial charge on any atom is -0.299 e. The van der Waals surface area contributed by atoms with Crippen molar-refractivity contribution in [2.45, 2.75) is 120 Å². The molecule has 0 spiro atoms. The molecule has 0 heterocycles. The standard InChI is InChI=1S/C30H48O/c1-20(2)10-9-11-21(3)22-14-18-30(8)24-12-13-25-27(4,5)26(31)16-17-28(25,6)23(24)15-19-29(22,30)7/h10,21-22,25H,9,11-19H2,1-8H3/t21-,22-,25+,28-,29-,30+/m1/s1. The molecule has 0 aromatic rings. The highest BCUT2D eigenvalue weighted by molar-refractivity contribution is 5.85. The molecule has 4 aliphatic rings. The average molecular weight is 425 g/mol. The van der Waals surface area contributed by atoms with Crippen LogP contribution in [0.1, 0.15) is 120 Å². The van der Waals surface area contributed by atoms with Crippen LogP contribution in [0.4, 0.5) is 0 Å². The topological polar surface area (TPSA) is 17.1 Å². The lowest BCUT2D eigenvalue weighted by Crippen LogP contribution is -2.53. The van der Waals surface area contributed by atoms with Crippen molar-refractivity contribution in [2.24, 2.45) is 39.4 Å². The first-order valence-electron chi connectivity index (χ1n) is 13.3. The van der Waals surface area contributed by atoms with E-state index in [0.29, 0.717) is 22.5 Å². The number of ketones is 1. The van der Waals surface area contributed by atoms with Gasteiger partial charge in [0.2, 0.25) is 0 Å². The monoisotopic (exact) mass is 424 g/mol. The second kappa shape index (κ2) is 7.59. The van der Waals surface area contributed by atoms with Gasteiger partial charge >= 0.3 is 0 Å². The third-order valence-corrected chi connectivity index (χ3v) is 11.4. The Balaban J connectivity index is 1.66. The van der Waals surface area contributed by atoms with E-state index in [1.54, 1.807) is 0 Å². The van der Waals surface area contributed by atoms with Crippen molar-refractivity contribution in [3.63, 3.8) is 0 Å². The Morgan fingerprint density at radius 3 is 2.35 bits per heavy atom. The Hall–Kier alpha value is -0.850. The molecule has 174 valence electrons. The van der Waals surface area contributed by atoms with Crippen molar-refractivity contribution in [3.8, 4) is 0 Å². The second-order valence-corrected chi connectivity index (χ2v) is 13.3. The fourth-order valence-corrected chi connectivity index (χ4v) is 9.28. The first-order chi connectivity index (χ1) is 14.4. The maximum absolute atomic E-state index is 12.8. The Morgan fingerprint density at radius 1 is 0.968 bits per heavy atom. The summed E-state index contributed by atoms with van der Waals surface area (Å²) in [5, 5.41) is 0. The summed E-state index contributed by atoms with van der Waals surface area (Å²) < 4.78 is 0. The molecule has 1 nitrogen and oxygen atoms in total. The van der Waals surface area contributed by atoms with E-state index < -0.39 is 0 Å². The SMILES string of the molecule is CC(C)=CCC[C@@H](C)[C@H]1CC[C@@]2(C)C3=C(CC[C@]12C)[C@@]1(C)CCC(=O)C(C)(C)[C@@H]1CC3. The molecule has 0 aromatic carbocycles. The van der Waals surface area contributed by atoms with E-state index in [-0.39, 0.29) is 10.8 Å². The molecule has 4 aliphatic carbocycles. The summed E-state index contributed by atoms with van der Waals surface area (Å²) in [5.41, 5.74) is 6.04. The number of rotatable bonds is 4. The van der Waals surface area contributed by atoms with Gasteiger partial charge in [0.05, 0.1) is 0 Å².